The smallest absolute Gasteiger partial charge is 0.251 e. The van der Waals surface area contributed by atoms with Gasteiger partial charge in [0, 0.05) is 50.4 Å². The number of carbonyl (C=O) groups excluding carboxylic acids is 1. The number of amides is 1. The third-order valence-corrected chi connectivity index (χ3v) is 8.66. The number of aliphatic hydroxyl groups is 1. The van der Waals surface area contributed by atoms with Crippen molar-refractivity contribution in [1.82, 2.24) is 24.8 Å². The van der Waals surface area contributed by atoms with Crippen molar-refractivity contribution in [1.29, 1.82) is 5.26 Å². The van der Waals surface area contributed by atoms with Crippen LogP contribution in [0.3, 0.4) is 0 Å². The maximum Gasteiger partial charge on any atom is 0.251 e. The Kier molecular flexibility index (Phi) is 9.27. The topological polar surface area (TPSA) is 140 Å². The van der Waals surface area contributed by atoms with Crippen LogP contribution in [0.5, 0.6) is 5.75 Å². The number of anilines is 3. The Morgan fingerprint density at radius 1 is 1.18 bits per heavy atom. The molecule has 3 aliphatic rings. The largest absolute Gasteiger partial charge is 0.486 e. The first-order valence-electron chi connectivity index (χ1n) is 14.9. The average Bonchev–Trinajstić information content (AvgIpc) is 3.01. The molecule has 0 spiro atoms. The maximum atomic E-state index is 14.9. The van der Waals surface area contributed by atoms with Crippen LogP contribution in [0.25, 0.3) is 11.4 Å². The van der Waals surface area contributed by atoms with E-state index in [1.54, 1.807) is 18.2 Å². The van der Waals surface area contributed by atoms with E-state index in [9.17, 15) is 19.6 Å². The molecule has 0 unspecified atom stereocenters. The standard InChI is InChI=1S/C31H34ClFN8O4/c1-19(42)30(43)41-7-6-28(25(33)15-41)45-27-5-2-20(12-21(27)14-34)29-35-18-36-31(38-29)37-22-3-4-26(24(32)13-22)40-10-8-39(9-11-40)23-16-44-17-23/h2-5,12-13,18-19,23,25,28,42H,6-11,15-17H2,1H3,(H,35,36,37,38)/t19-,25-,28-/m0/s1. The number of alkyl halides is 1. The number of halogens is 2. The third kappa shape index (κ3) is 6.94. The van der Waals surface area contributed by atoms with E-state index >= 15 is 0 Å². The van der Waals surface area contributed by atoms with Crippen LogP contribution in [0.15, 0.2) is 42.7 Å². The Bertz CT molecular complexity index is 1580. The number of nitrogens with one attached hydrogen (secondary N) is 1. The molecule has 45 heavy (non-hydrogen) atoms. The number of hydrogen-bond donors (Lipinski definition) is 2. The highest BCUT2D eigenvalue weighted by atomic mass is 35.5. The highest BCUT2D eigenvalue weighted by Crippen LogP contribution is 2.32. The van der Waals surface area contributed by atoms with Crippen molar-refractivity contribution in [3.63, 3.8) is 0 Å². The van der Waals surface area contributed by atoms with Gasteiger partial charge >= 0.3 is 0 Å². The van der Waals surface area contributed by atoms with E-state index in [1.807, 2.05) is 18.2 Å². The van der Waals surface area contributed by atoms with Gasteiger partial charge in [0.05, 0.1) is 42.1 Å². The summed E-state index contributed by atoms with van der Waals surface area (Å²) in [5.41, 5.74) is 2.45. The van der Waals surface area contributed by atoms with E-state index in [1.165, 1.54) is 18.2 Å². The van der Waals surface area contributed by atoms with Crippen molar-refractivity contribution in [3.05, 3.63) is 53.3 Å². The minimum atomic E-state index is -1.47. The third-order valence-electron chi connectivity index (χ3n) is 8.35. The number of nitriles is 1. The SMILES string of the molecule is C[C@H](O)C(=O)N1CC[C@H](Oc2ccc(-c3ncnc(Nc4ccc(N5CCN(C6COC6)CC5)c(Cl)c4)n3)cc2C#N)[C@@H](F)C1. The molecule has 236 valence electrons. The Labute approximate surface area is 265 Å². The predicted molar refractivity (Wildman–Crippen MR) is 165 cm³/mol. The Hall–Kier alpha value is -4.09. The van der Waals surface area contributed by atoms with Gasteiger partial charge in [-0.05, 0) is 43.3 Å². The van der Waals surface area contributed by atoms with Crippen molar-refractivity contribution in [2.45, 2.75) is 37.8 Å². The lowest BCUT2D eigenvalue weighted by atomic mass is 10.0. The van der Waals surface area contributed by atoms with E-state index in [2.05, 4.69) is 36.1 Å². The van der Waals surface area contributed by atoms with Gasteiger partial charge in [0.2, 0.25) is 5.95 Å². The number of benzene rings is 2. The molecule has 0 aliphatic carbocycles. The molecule has 14 heteroatoms. The van der Waals surface area contributed by atoms with Crippen molar-refractivity contribution in [2.75, 3.05) is 62.7 Å². The van der Waals surface area contributed by atoms with Gasteiger partial charge in [-0.2, -0.15) is 10.2 Å². The van der Waals surface area contributed by atoms with Crippen LogP contribution in [-0.4, -0.2) is 113 Å². The van der Waals surface area contributed by atoms with Gasteiger partial charge < -0.3 is 29.7 Å². The number of hydrogen-bond acceptors (Lipinski definition) is 11. The molecular weight excluding hydrogens is 603 g/mol. The quantitative estimate of drug-likeness (QED) is 0.377. The number of likely N-dealkylation sites (tertiary alicyclic amines) is 1. The molecule has 2 aromatic carbocycles. The normalized spacial score (nSPS) is 21.5. The van der Waals surface area contributed by atoms with Gasteiger partial charge in [-0.25, -0.2) is 14.4 Å². The Morgan fingerprint density at radius 3 is 2.64 bits per heavy atom. The molecule has 3 fully saturated rings. The highest BCUT2D eigenvalue weighted by Gasteiger charge is 2.34. The van der Waals surface area contributed by atoms with Crippen LogP contribution in [-0.2, 0) is 9.53 Å². The van der Waals surface area contributed by atoms with Crippen molar-refractivity contribution in [2.24, 2.45) is 0 Å². The molecule has 12 nitrogen and oxygen atoms in total. The summed E-state index contributed by atoms with van der Waals surface area (Å²) in [6, 6.07) is 13.3. The van der Waals surface area contributed by atoms with E-state index < -0.39 is 24.3 Å². The number of ether oxygens (including phenoxy) is 2. The number of carbonyl (C=O) groups is 1. The van der Waals surface area contributed by atoms with Gasteiger partial charge in [-0.15, -0.1) is 0 Å². The van der Waals surface area contributed by atoms with Crippen LogP contribution in [0.4, 0.5) is 21.7 Å². The molecule has 0 bridgehead atoms. The molecular formula is C31H34ClFN8O4. The van der Waals surface area contributed by atoms with E-state index in [0.717, 1.165) is 50.8 Å². The first kappa shape index (κ1) is 30.9. The fraction of sp³-hybridized carbons (Fsp3) is 0.452. The summed E-state index contributed by atoms with van der Waals surface area (Å²) in [6.45, 7) is 6.79. The van der Waals surface area contributed by atoms with E-state index in [0.29, 0.717) is 28.4 Å². The molecule has 3 aromatic rings. The summed E-state index contributed by atoms with van der Waals surface area (Å²) in [5, 5.41) is 23.1. The zero-order chi connectivity index (χ0) is 31.5. The molecule has 1 aromatic heterocycles. The Balaban J connectivity index is 1.09. The van der Waals surface area contributed by atoms with Gasteiger partial charge in [0.15, 0.2) is 12.0 Å². The lowest BCUT2D eigenvalue weighted by Crippen LogP contribution is -2.56. The summed E-state index contributed by atoms with van der Waals surface area (Å²) < 4.78 is 26.1. The number of nitrogens with zero attached hydrogens (tertiary/aromatic N) is 7. The van der Waals surface area contributed by atoms with Gasteiger partial charge in [0.1, 0.15) is 30.4 Å². The number of aliphatic hydroxyl groups excluding tert-OH is 1. The fourth-order valence-corrected chi connectivity index (χ4v) is 6.03. The minimum absolute atomic E-state index is 0.184. The van der Waals surface area contributed by atoms with Crippen LogP contribution < -0.4 is 15.0 Å². The van der Waals surface area contributed by atoms with E-state index in [4.69, 9.17) is 21.1 Å². The highest BCUT2D eigenvalue weighted by molar-refractivity contribution is 6.33. The minimum Gasteiger partial charge on any atom is -0.486 e. The molecule has 3 aliphatic heterocycles. The summed E-state index contributed by atoms with van der Waals surface area (Å²) >= 11 is 6.69. The average molecular weight is 637 g/mol. The fourth-order valence-electron chi connectivity index (χ4n) is 5.73. The molecule has 4 heterocycles. The zero-order valence-corrected chi connectivity index (χ0v) is 25.5. The van der Waals surface area contributed by atoms with Crippen molar-refractivity contribution in [3.8, 4) is 23.2 Å². The number of piperidine rings is 1. The zero-order valence-electron chi connectivity index (χ0n) is 24.8. The molecule has 0 saturated carbocycles. The van der Waals surface area contributed by atoms with Crippen molar-refractivity contribution >= 4 is 34.8 Å². The first-order valence-corrected chi connectivity index (χ1v) is 15.3. The molecule has 1 amide bonds. The summed E-state index contributed by atoms with van der Waals surface area (Å²) in [6.07, 6.45) is -1.89. The second-order valence-corrected chi connectivity index (χ2v) is 11.8. The molecule has 2 N–H and O–H groups in total. The second-order valence-electron chi connectivity index (χ2n) is 11.4. The lowest BCUT2D eigenvalue weighted by Gasteiger charge is -2.43. The van der Waals surface area contributed by atoms with Crippen LogP contribution >= 0.6 is 11.6 Å². The molecule has 6 rings (SSSR count). The van der Waals surface area contributed by atoms with Crippen molar-refractivity contribution < 1.29 is 23.8 Å². The van der Waals surface area contributed by atoms with Crippen LogP contribution in [0, 0.1) is 11.3 Å². The first-order chi connectivity index (χ1) is 21.8. The Morgan fingerprint density at radius 2 is 1.98 bits per heavy atom. The molecule has 0 radical (unpaired) electrons. The monoisotopic (exact) mass is 636 g/mol. The second kappa shape index (κ2) is 13.5. The predicted octanol–water partition coefficient (Wildman–Crippen LogP) is 3.03. The van der Waals surface area contributed by atoms with Gasteiger partial charge in [0.25, 0.3) is 5.91 Å². The lowest BCUT2D eigenvalue weighted by molar-refractivity contribution is -0.143. The van der Waals surface area contributed by atoms with E-state index in [-0.39, 0.29) is 30.8 Å². The molecule has 3 saturated heterocycles. The van der Waals surface area contributed by atoms with Crippen LogP contribution in [0.2, 0.25) is 5.02 Å². The number of piperazine rings is 1. The molecule has 3 atom stereocenters. The number of aromatic nitrogens is 3. The van der Waals surface area contributed by atoms with Crippen LogP contribution in [0.1, 0.15) is 18.9 Å². The number of rotatable bonds is 8. The summed E-state index contributed by atoms with van der Waals surface area (Å²) in [5.74, 6) is 0.345. The maximum absolute atomic E-state index is 14.9. The van der Waals surface area contributed by atoms with Gasteiger partial charge in [-0.3, -0.25) is 9.69 Å². The summed E-state index contributed by atoms with van der Waals surface area (Å²) in [7, 11) is 0. The summed E-state index contributed by atoms with van der Waals surface area (Å²) in [4.78, 5) is 31.1. The van der Waals surface area contributed by atoms with Gasteiger partial charge in [-0.1, -0.05) is 11.6 Å².